The van der Waals surface area contributed by atoms with Gasteiger partial charge in [0.05, 0.1) is 18.2 Å². The van der Waals surface area contributed by atoms with Crippen molar-refractivity contribution in [2.75, 3.05) is 25.4 Å². The summed E-state index contributed by atoms with van der Waals surface area (Å²) in [6, 6.07) is 8.77. The van der Waals surface area contributed by atoms with Crippen LogP contribution in [0.5, 0.6) is 0 Å². The number of thioether (sulfide) groups is 1. The number of hydrogen-bond acceptors (Lipinski definition) is 4. The highest BCUT2D eigenvalue weighted by atomic mass is 32.2. The summed E-state index contributed by atoms with van der Waals surface area (Å²) in [5, 5.41) is 9.64. The Labute approximate surface area is 125 Å². The zero-order valence-corrected chi connectivity index (χ0v) is 12.1. The van der Waals surface area contributed by atoms with E-state index >= 15 is 0 Å². The fourth-order valence-electron chi connectivity index (χ4n) is 2.03. The first kappa shape index (κ1) is 15.9. The number of benzene rings is 1. The molecule has 0 saturated heterocycles. The summed E-state index contributed by atoms with van der Waals surface area (Å²) in [4.78, 5) is 17.5. The number of carbonyl (C=O) groups is 1. The maximum Gasteiger partial charge on any atom is 0.255 e. The third-order valence-corrected chi connectivity index (χ3v) is 4.09. The Morgan fingerprint density at radius 3 is 2.76 bits per heavy atom. The second kappa shape index (κ2) is 7.51. The van der Waals surface area contributed by atoms with Gasteiger partial charge in [0.25, 0.3) is 6.43 Å². The molecular weight excluding hydrogens is 298 g/mol. The summed E-state index contributed by atoms with van der Waals surface area (Å²) < 4.78 is 25.0. The van der Waals surface area contributed by atoms with Crippen molar-refractivity contribution in [3.05, 3.63) is 35.9 Å². The molecule has 4 nitrogen and oxygen atoms in total. The number of hydrogen-bond donors (Lipinski definition) is 1. The molecule has 21 heavy (non-hydrogen) atoms. The largest absolute Gasteiger partial charge is 0.395 e. The van der Waals surface area contributed by atoms with E-state index in [4.69, 9.17) is 5.11 Å². The molecule has 1 aliphatic heterocycles. The summed E-state index contributed by atoms with van der Waals surface area (Å²) in [6.07, 6.45) is -2.62. The van der Waals surface area contributed by atoms with E-state index in [9.17, 15) is 13.6 Å². The minimum Gasteiger partial charge on any atom is -0.395 e. The Balaban J connectivity index is 2.07. The number of amides is 1. The Morgan fingerprint density at radius 1 is 1.43 bits per heavy atom. The lowest BCUT2D eigenvalue weighted by molar-refractivity contribution is -0.134. The molecule has 1 amide bonds. The highest BCUT2D eigenvalue weighted by molar-refractivity contribution is 8.14. The normalized spacial score (nSPS) is 17.9. The molecule has 1 atom stereocenters. The average molecular weight is 314 g/mol. The van der Waals surface area contributed by atoms with Gasteiger partial charge < -0.3 is 10.0 Å². The zero-order valence-electron chi connectivity index (χ0n) is 11.3. The molecule has 1 aromatic carbocycles. The molecule has 0 aliphatic carbocycles. The van der Waals surface area contributed by atoms with Gasteiger partial charge >= 0.3 is 0 Å². The van der Waals surface area contributed by atoms with Crippen LogP contribution in [0.25, 0.3) is 0 Å². The Bertz CT molecular complexity index is 511. The molecule has 1 unspecified atom stereocenters. The van der Waals surface area contributed by atoms with Gasteiger partial charge in [-0.3, -0.25) is 9.79 Å². The summed E-state index contributed by atoms with van der Waals surface area (Å²) in [5.41, 5.74) is 0.917. The second-order valence-electron chi connectivity index (χ2n) is 4.53. The van der Waals surface area contributed by atoms with E-state index in [-0.39, 0.29) is 13.2 Å². The molecule has 7 heteroatoms. The lowest BCUT2D eigenvalue weighted by Crippen LogP contribution is -2.42. The van der Waals surface area contributed by atoms with Crippen LogP contribution in [0.15, 0.2) is 35.3 Å². The van der Waals surface area contributed by atoms with Crippen molar-refractivity contribution in [3.63, 3.8) is 0 Å². The molecular formula is C14H16F2N2O2S. The van der Waals surface area contributed by atoms with Crippen LogP contribution in [0, 0.1) is 0 Å². The highest BCUT2D eigenvalue weighted by Gasteiger charge is 2.30. The minimum absolute atomic E-state index is 0.0967. The van der Waals surface area contributed by atoms with Crippen molar-refractivity contribution in [2.24, 2.45) is 4.99 Å². The van der Waals surface area contributed by atoms with Crippen molar-refractivity contribution in [1.29, 1.82) is 0 Å². The number of nitrogens with zero attached hydrogens (tertiary/aromatic N) is 2. The number of alkyl halides is 2. The van der Waals surface area contributed by atoms with E-state index in [0.29, 0.717) is 5.75 Å². The van der Waals surface area contributed by atoms with Crippen LogP contribution in [0.4, 0.5) is 8.78 Å². The maximum atomic E-state index is 12.5. The molecule has 114 valence electrons. The lowest BCUT2D eigenvalue weighted by Gasteiger charge is -2.23. The smallest absolute Gasteiger partial charge is 0.255 e. The molecule has 0 fully saturated rings. The SMILES string of the molecule is O=C(C1CSC(c2ccccc2)=N1)N(CCO)CC(F)F. The molecule has 0 aromatic heterocycles. The molecule has 1 N–H and O–H groups in total. The molecule has 0 saturated carbocycles. The molecule has 2 rings (SSSR count). The predicted octanol–water partition coefficient (Wildman–Crippen LogP) is 1.63. The molecule has 0 bridgehead atoms. The number of rotatable bonds is 6. The number of carbonyl (C=O) groups excluding carboxylic acids is 1. The quantitative estimate of drug-likeness (QED) is 0.868. The van der Waals surface area contributed by atoms with Crippen LogP contribution >= 0.6 is 11.8 Å². The minimum atomic E-state index is -2.62. The average Bonchev–Trinajstić information content (AvgIpc) is 2.96. The Morgan fingerprint density at radius 2 is 2.14 bits per heavy atom. The third-order valence-electron chi connectivity index (χ3n) is 3.00. The standard InChI is InChI=1S/C14H16F2N2O2S/c15-12(16)8-18(6-7-19)14(20)11-9-21-13(17-11)10-4-2-1-3-5-10/h1-5,11-12,19H,6-9H2. The number of aliphatic imine (C=N–C) groups is 1. The van der Waals surface area contributed by atoms with Crippen LogP contribution in [0.1, 0.15) is 5.56 Å². The topological polar surface area (TPSA) is 52.9 Å². The summed E-state index contributed by atoms with van der Waals surface area (Å²) in [5.74, 6) is -0.0170. The highest BCUT2D eigenvalue weighted by Crippen LogP contribution is 2.24. The molecule has 0 radical (unpaired) electrons. The van der Waals surface area contributed by atoms with E-state index in [0.717, 1.165) is 15.5 Å². The predicted molar refractivity (Wildman–Crippen MR) is 78.9 cm³/mol. The maximum absolute atomic E-state index is 12.5. The molecule has 1 aromatic rings. The van der Waals surface area contributed by atoms with Gasteiger partial charge in [0.1, 0.15) is 6.04 Å². The van der Waals surface area contributed by atoms with Crippen LogP contribution in [-0.4, -0.2) is 58.9 Å². The van der Waals surface area contributed by atoms with E-state index in [1.807, 2.05) is 30.3 Å². The summed E-state index contributed by atoms with van der Waals surface area (Å²) in [6.45, 7) is -1.11. The van der Waals surface area contributed by atoms with Crippen LogP contribution < -0.4 is 0 Å². The summed E-state index contributed by atoms with van der Waals surface area (Å²) >= 11 is 1.44. The fraction of sp³-hybridized carbons (Fsp3) is 0.429. The number of aliphatic hydroxyl groups is 1. The second-order valence-corrected chi connectivity index (χ2v) is 5.53. The first-order chi connectivity index (χ1) is 10.1. The van der Waals surface area contributed by atoms with Gasteiger partial charge in [-0.1, -0.05) is 30.3 Å². The van der Waals surface area contributed by atoms with Gasteiger partial charge in [-0.15, -0.1) is 11.8 Å². The van der Waals surface area contributed by atoms with Crippen LogP contribution in [0.2, 0.25) is 0 Å². The van der Waals surface area contributed by atoms with Crippen molar-refractivity contribution in [1.82, 2.24) is 4.90 Å². The number of halogens is 2. The first-order valence-corrected chi connectivity index (χ1v) is 7.54. The van der Waals surface area contributed by atoms with E-state index < -0.39 is 24.9 Å². The van der Waals surface area contributed by atoms with Gasteiger partial charge in [-0.2, -0.15) is 0 Å². The van der Waals surface area contributed by atoms with Crippen molar-refractivity contribution >= 4 is 22.7 Å². The van der Waals surface area contributed by atoms with Gasteiger partial charge in [0.15, 0.2) is 0 Å². The fourth-order valence-corrected chi connectivity index (χ4v) is 3.07. The molecule has 1 heterocycles. The molecule has 0 spiro atoms. The van der Waals surface area contributed by atoms with E-state index in [1.54, 1.807) is 0 Å². The van der Waals surface area contributed by atoms with Crippen LogP contribution in [-0.2, 0) is 4.79 Å². The Hall–Kier alpha value is -1.47. The van der Waals surface area contributed by atoms with E-state index in [2.05, 4.69) is 4.99 Å². The van der Waals surface area contributed by atoms with Crippen molar-refractivity contribution in [2.45, 2.75) is 12.5 Å². The number of aliphatic hydroxyl groups excluding tert-OH is 1. The Kier molecular flexibility index (Phi) is 5.69. The van der Waals surface area contributed by atoms with Crippen molar-refractivity contribution in [3.8, 4) is 0 Å². The van der Waals surface area contributed by atoms with Gasteiger partial charge in [-0.05, 0) is 0 Å². The monoisotopic (exact) mass is 314 g/mol. The van der Waals surface area contributed by atoms with Crippen LogP contribution in [0.3, 0.4) is 0 Å². The van der Waals surface area contributed by atoms with E-state index in [1.165, 1.54) is 11.8 Å². The zero-order chi connectivity index (χ0) is 15.2. The van der Waals surface area contributed by atoms with Crippen molar-refractivity contribution < 1.29 is 18.7 Å². The van der Waals surface area contributed by atoms with Gasteiger partial charge in [0.2, 0.25) is 5.91 Å². The third kappa shape index (κ3) is 4.25. The van der Waals surface area contributed by atoms with Gasteiger partial charge in [0, 0.05) is 17.9 Å². The molecule has 1 aliphatic rings. The lowest BCUT2D eigenvalue weighted by atomic mass is 10.2. The summed E-state index contributed by atoms with van der Waals surface area (Å²) in [7, 11) is 0. The van der Waals surface area contributed by atoms with Gasteiger partial charge in [-0.25, -0.2) is 8.78 Å². The first-order valence-electron chi connectivity index (χ1n) is 6.55.